The summed E-state index contributed by atoms with van der Waals surface area (Å²) in [5, 5.41) is 0. The van der Waals surface area contributed by atoms with Gasteiger partial charge in [-0.05, 0) is 37.6 Å². The predicted octanol–water partition coefficient (Wildman–Crippen LogP) is 2.58. The molecule has 1 aromatic rings. The van der Waals surface area contributed by atoms with E-state index >= 15 is 0 Å². The number of rotatable bonds is 4. The van der Waals surface area contributed by atoms with Crippen LogP contribution in [0.15, 0.2) is 18.2 Å². The molecule has 0 saturated heterocycles. The first-order valence-corrected chi connectivity index (χ1v) is 5.18. The van der Waals surface area contributed by atoms with E-state index < -0.39 is 23.6 Å². The van der Waals surface area contributed by atoms with Gasteiger partial charge < -0.3 is 11.5 Å². The molecule has 0 aliphatic carbocycles. The summed E-state index contributed by atoms with van der Waals surface area (Å²) in [4.78, 5) is 0. The number of nitrogens with two attached hydrogens (primary N) is 2. The molecule has 96 valence electrons. The largest absolute Gasteiger partial charge is 0.416 e. The van der Waals surface area contributed by atoms with Crippen molar-refractivity contribution in [1.29, 1.82) is 0 Å². The molecule has 0 spiro atoms. The van der Waals surface area contributed by atoms with Crippen LogP contribution in [0.25, 0.3) is 0 Å². The van der Waals surface area contributed by atoms with Crippen molar-refractivity contribution in [2.45, 2.75) is 25.1 Å². The Bertz CT molecular complexity index is 376. The van der Waals surface area contributed by atoms with Gasteiger partial charge in [0, 0.05) is 11.6 Å². The van der Waals surface area contributed by atoms with Crippen molar-refractivity contribution < 1.29 is 17.6 Å². The molecule has 1 rings (SSSR count). The first-order chi connectivity index (χ1) is 7.86. The summed E-state index contributed by atoms with van der Waals surface area (Å²) in [6, 6.07) is 1.49. The SMILES string of the molecule is NCCC[C@H](N)c1cc(C(F)(F)F)ccc1F. The van der Waals surface area contributed by atoms with Gasteiger partial charge in [-0.15, -0.1) is 0 Å². The zero-order valence-corrected chi connectivity index (χ0v) is 9.10. The smallest absolute Gasteiger partial charge is 0.330 e. The average molecular weight is 250 g/mol. The lowest BCUT2D eigenvalue weighted by molar-refractivity contribution is -0.137. The van der Waals surface area contributed by atoms with Crippen molar-refractivity contribution in [2.24, 2.45) is 11.5 Å². The monoisotopic (exact) mass is 250 g/mol. The lowest BCUT2D eigenvalue weighted by Gasteiger charge is -2.15. The van der Waals surface area contributed by atoms with E-state index in [0.29, 0.717) is 25.5 Å². The second-order valence-corrected chi connectivity index (χ2v) is 3.77. The molecule has 0 saturated carbocycles. The van der Waals surface area contributed by atoms with Gasteiger partial charge in [-0.2, -0.15) is 13.2 Å². The molecule has 1 aromatic carbocycles. The van der Waals surface area contributed by atoms with Crippen LogP contribution >= 0.6 is 0 Å². The molecule has 0 amide bonds. The fourth-order valence-corrected chi connectivity index (χ4v) is 1.50. The summed E-state index contributed by atoms with van der Waals surface area (Å²) in [6.45, 7) is 0.369. The van der Waals surface area contributed by atoms with Crippen molar-refractivity contribution in [3.05, 3.63) is 35.1 Å². The van der Waals surface area contributed by atoms with Crippen LogP contribution in [-0.4, -0.2) is 6.54 Å². The molecule has 0 aliphatic rings. The summed E-state index contributed by atoms with van der Waals surface area (Å²) in [6.07, 6.45) is -3.60. The zero-order chi connectivity index (χ0) is 13.1. The van der Waals surface area contributed by atoms with E-state index in [1.165, 1.54) is 0 Å². The lowest BCUT2D eigenvalue weighted by Crippen LogP contribution is -2.16. The summed E-state index contributed by atoms with van der Waals surface area (Å²) in [7, 11) is 0. The third kappa shape index (κ3) is 3.67. The predicted molar refractivity (Wildman–Crippen MR) is 56.6 cm³/mol. The second kappa shape index (κ2) is 5.46. The zero-order valence-electron chi connectivity index (χ0n) is 9.10. The third-order valence-electron chi connectivity index (χ3n) is 2.44. The van der Waals surface area contributed by atoms with Crippen LogP contribution in [0, 0.1) is 5.82 Å². The standard InChI is InChI=1S/C11H14F4N2/c12-9-4-3-7(11(13,14)15)6-8(9)10(17)2-1-5-16/h3-4,6,10H,1-2,5,16-17H2/t10-/m0/s1. The van der Waals surface area contributed by atoms with Gasteiger partial charge in [-0.25, -0.2) is 4.39 Å². The number of hydrogen-bond donors (Lipinski definition) is 2. The quantitative estimate of drug-likeness (QED) is 0.807. The number of benzene rings is 1. The van der Waals surface area contributed by atoms with Gasteiger partial charge in [0.15, 0.2) is 0 Å². The van der Waals surface area contributed by atoms with Gasteiger partial charge in [0.25, 0.3) is 0 Å². The van der Waals surface area contributed by atoms with E-state index in [1.807, 2.05) is 0 Å². The Hall–Kier alpha value is -1.14. The maximum Gasteiger partial charge on any atom is 0.416 e. The fraction of sp³-hybridized carbons (Fsp3) is 0.455. The number of hydrogen-bond acceptors (Lipinski definition) is 2. The molecule has 1 atom stereocenters. The molecule has 6 heteroatoms. The van der Waals surface area contributed by atoms with E-state index in [9.17, 15) is 17.6 Å². The van der Waals surface area contributed by atoms with E-state index in [-0.39, 0.29) is 5.56 Å². The van der Waals surface area contributed by atoms with Gasteiger partial charge in [0.2, 0.25) is 0 Å². The van der Waals surface area contributed by atoms with Gasteiger partial charge >= 0.3 is 6.18 Å². The van der Waals surface area contributed by atoms with Crippen molar-refractivity contribution in [2.75, 3.05) is 6.54 Å². The number of halogens is 4. The van der Waals surface area contributed by atoms with Crippen molar-refractivity contribution >= 4 is 0 Å². The van der Waals surface area contributed by atoms with Crippen molar-refractivity contribution in [3.8, 4) is 0 Å². The minimum Gasteiger partial charge on any atom is -0.330 e. The Kier molecular flexibility index (Phi) is 4.47. The van der Waals surface area contributed by atoms with E-state index in [1.54, 1.807) is 0 Å². The Balaban J connectivity index is 2.98. The molecule has 0 unspecified atom stereocenters. The maximum absolute atomic E-state index is 13.4. The highest BCUT2D eigenvalue weighted by Crippen LogP contribution is 2.32. The minimum atomic E-state index is -4.49. The van der Waals surface area contributed by atoms with Crippen molar-refractivity contribution in [1.82, 2.24) is 0 Å². The summed E-state index contributed by atoms with van der Waals surface area (Å²) in [5.74, 6) is -0.720. The Morgan fingerprint density at radius 3 is 2.41 bits per heavy atom. The molecule has 0 fully saturated rings. The van der Waals surface area contributed by atoms with Gasteiger partial charge in [0.1, 0.15) is 5.82 Å². The van der Waals surface area contributed by atoms with Gasteiger partial charge in [-0.1, -0.05) is 0 Å². The molecule has 17 heavy (non-hydrogen) atoms. The second-order valence-electron chi connectivity index (χ2n) is 3.77. The van der Waals surface area contributed by atoms with Crippen LogP contribution in [-0.2, 0) is 6.18 Å². The first kappa shape index (κ1) is 13.9. The van der Waals surface area contributed by atoms with Crippen LogP contribution in [0.1, 0.15) is 30.0 Å². The van der Waals surface area contributed by atoms with Crippen LogP contribution in [0.3, 0.4) is 0 Å². The van der Waals surface area contributed by atoms with Crippen LogP contribution < -0.4 is 11.5 Å². The maximum atomic E-state index is 13.4. The highest BCUT2D eigenvalue weighted by atomic mass is 19.4. The molecule has 0 bridgehead atoms. The van der Waals surface area contributed by atoms with Crippen molar-refractivity contribution in [3.63, 3.8) is 0 Å². The highest BCUT2D eigenvalue weighted by Gasteiger charge is 2.31. The molecule has 4 N–H and O–H groups in total. The third-order valence-corrected chi connectivity index (χ3v) is 2.44. The normalized spacial score (nSPS) is 13.8. The average Bonchev–Trinajstić information content (AvgIpc) is 2.24. The Labute approximate surface area is 96.6 Å². The van der Waals surface area contributed by atoms with Gasteiger partial charge in [-0.3, -0.25) is 0 Å². The number of alkyl halides is 3. The molecule has 0 radical (unpaired) electrons. The van der Waals surface area contributed by atoms with E-state index in [0.717, 1.165) is 12.1 Å². The molecule has 0 heterocycles. The summed E-state index contributed by atoms with van der Waals surface area (Å²) in [5.41, 5.74) is 9.89. The Morgan fingerprint density at radius 2 is 1.88 bits per heavy atom. The lowest BCUT2D eigenvalue weighted by atomic mass is 10.00. The summed E-state index contributed by atoms with van der Waals surface area (Å²) >= 11 is 0. The summed E-state index contributed by atoms with van der Waals surface area (Å²) < 4.78 is 50.7. The minimum absolute atomic E-state index is 0.117. The van der Waals surface area contributed by atoms with E-state index in [4.69, 9.17) is 11.5 Å². The van der Waals surface area contributed by atoms with Crippen LogP contribution in [0.2, 0.25) is 0 Å². The Morgan fingerprint density at radius 1 is 1.24 bits per heavy atom. The fourth-order valence-electron chi connectivity index (χ4n) is 1.50. The molecule has 0 aromatic heterocycles. The van der Waals surface area contributed by atoms with Crippen LogP contribution in [0.5, 0.6) is 0 Å². The van der Waals surface area contributed by atoms with Gasteiger partial charge in [0.05, 0.1) is 5.56 Å². The highest BCUT2D eigenvalue weighted by molar-refractivity contribution is 5.29. The van der Waals surface area contributed by atoms with E-state index in [2.05, 4.69) is 0 Å². The topological polar surface area (TPSA) is 52.0 Å². The first-order valence-electron chi connectivity index (χ1n) is 5.18. The molecular weight excluding hydrogens is 236 g/mol. The molecular formula is C11H14F4N2. The van der Waals surface area contributed by atoms with Crippen LogP contribution in [0.4, 0.5) is 17.6 Å². The molecule has 0 aliphatic heterocycles. The molecule has 2 nitrogen and oxygen atoms in total.